The lowest BCUT2D eigenvalue weighted by Gasteiger charge is -2.16. The Labute approximate surface area is 123 Å². The van der Waals surface area contributed by atoms with E-state index in [9.17, 15) is 18.0 Å². The van der Waals surface area contributed by atoms with Gasteiger partial charge in [0, 0.05) is 25.2 Å². The van der Waals surface area contributed by atoms with Gasteiger partial charge in [-0.15, -0.1) is 0 Å². The van der Waals surface area contributed by atoms with Crippen LogP contribution in [0.5, 0.6) is 0 Å². The third-order valence-corrected chi connectivity index (χ3v) is 2.71. The number of ether oxygens (including phenoxy) is 1. The topological polar surface area (TPSA) is 77.2 Å². The van der Waals surface area contributed by atoms with Crippen molar-refractivity contribution in [3.8, 4) is 11.4 Å². The van der Waals surface area contributed by atoms with E-state index >= 15 is 0 Å². The molecule has 1 N–H and O–H groups in total. The first-order valence-electron chi connectivity index (χ1n) is 6.12. The van der Waals surface area contributed by atoms with Gasteiger partial charge in [-0.1, -0.05) is 29.4 Å². The number of carbonyl (C=O) groups excluding carboxylic acids is 1. The molecule has 2 rings (SSSR count). The van der Waals surface area contributed by atoms with Crippen LogP contribution in [0.2, 0.25) is 0 Å². The predicted octanol–water partition coefficient (Wildman–Crippen LogP) is 2.54. The molecule has 0 aliphatic rings. The first-order valence-corrected chi connectivity index (χ1v) is 6.12. The van der Waals surface area contributed by atoms with Gasteiger partial charge in [0.05, 0.1) is 0 Å². The van der Waals surface area contributed by atoms with Gasteiger partial charge in [-0.05, 0) is 0 Å². The second-order valence-corrected chi connectivity index (χ2v) is 4.36. The summed E-state index contributed by atoms with van der Waals surface area (Å²) in [5.74, 6) is -1.85. The molecule has 0 saturated heterocycles. The van der Waals surface area contributed by atoms with Crippen molar-refractivity contribution in [1.82, 2.24) is 15.5 Å². The Bertz CT molecular complexity index is 653. The van der Waals surface area contributed by atoms with Gasteiger partial charge in [0.15, 0.2) is 6.23 Å². The number of hydrogen-bond donors (Lipinski definition) is 1. The van der Waals surface area contributed by atoms with Crippen LogP contribution in [0, 0.1) is 0 Å². The number of methoxy groups -OCH3 is 1. The Morgan fingerprint density at radius 3 is 2.41 bits per heavy atom. The molecule has 0 fully saturated rings. The number of nitrogens with zero attached hydrogens (tertiary/aromatic N) is 2. The molecule has 0 spiro atoms. The second-order valence-electron chi connectivity index (χ2n) is 4.36. The molecule has 1 aromatic carbocycles. The number of carbonyl (C=O) groups is 1. The molecular formula is C13H12F3N3O3. The summed E-state index contributed by atoms with van der Waals surface area (Å²) in [5, 5.41) is 5.86. The lowest BCUT2D eigenvalue weighted by atomic mass is 10.1. The first kappa shape index (κ1) is 16.0. The molecule has 1 amide bonds. The predicted molar refractivity (Wildman–Crippen MR) is 68.3 cm³/mol. The summed E-state index contributed by atoms with van der Waals surface area (Å²) in [7, 11) is 1.42. The summed E-state index contributed by atoms with van der Waals surface area (Å²) in [6.07, 6.45) is -5.33. The van der Waals surface area contributed by atoms with E-state index in [-0.39, 0.29) is 11.7 Å². The Kier molecular flexibility index (Phi) is 4.45. The zero-order chi connectivity index (χ0) is 16.3. The Balaban J connectivity index is 2.21. The maximum atomic E-state index is 12.4. The number of amides is 1. The van der Waals surface area contributed by atoms with Gasteiger partial charge in [0.2, 0.25) is 11.7 Å². The maximum Gasteiger partial charge on any atom is 0.471 e. The van der Waals surface area contributed by atoms with Gasteiger partial charge in [0.25, 0.3) is 0 Å². The second kappa shape index (κ2) is 6.14. The molecule has 6 nitrogen and oxygen atoms in total. The number of rotatable bonds is 4. The van der Waals surface area contributed by atoms with E-state index in [4.69, 9.17) is 4.74 Å². The van der Waals surface area contributed by atoms with Gasteiger partial charge in [-0.2, -0.15) is 18.2 Å². The number of aromatic nitrogens is 2. The minimum Gasteiger partial charge on any atom is -0.357 e. The average Bonchev–Trinajstić information content (AvgIpc) is 2.94. The number of halogens is 3. The molecule has 1 atom stereocenters. The molecule has 1 unspecified atom stereocenters. The van der Waals surface area contributed by atoms with Crippen LogP contribution in [0.3, 0.4) is 0 Å². The third-order valence-electron chi connectivity index (χ3n) is 2.71. The monoisotopic (exact) mass is 315 g/mol. The summed E-state index contributed by atoms with van der Waals surface area (Å²) in [5.41, 5.74) is 0.974. The van der Waals surface area contributed by atoms with Gasteiger partial charge >= 0.3 is 12.1 Å². The van der Waals surface area contributed by atoms with Crippen molar-refractivity contribution in [1.29, 1.82) is 0 Å². The highest BCUT2D eigenvalue weighted by molar-refractivity contribution is 5.73. The fourth-order valence-corrected chi connectivity index (χ4v) is 1.73. The molecule has 2 aromatic rings. The fraction of sp³-hybridized carbons (Fsp3) is 0.308. The Morgan fingerprint density at radius 2 is 1.95 bits per heavy atom. The van der Waals surface area contributed by atoms with Gasteiger partial charge in [-0.3, -0.25) is 4.79 Å². The highest BCUT2D eigenvalue weighted by Gasteiger charge is 2.38. The lowest BCUT2D eigenvalue weighted by molar-refractivity contribution is -0.159. The molecule has 0 radical (unpaired) electrons. The molecule has 1 aromatic heterocycles. The van der Waals surface area contributed by atoms with Gasteiger partial charge in [-0.25, -0.2) is 0 Å². The number of alkyl halides is 3. The minimum atomic E-state index is -4.68. The van der Waals surface area contributed by atoms with Crippen LogP contribution in [0.15, 0.2) is 28.8 Å². The highest BCUT2D eigenvalue weighted by Crippen LogP contribution is 2.29. The van der Waals surface area contributed by atoms with Crippen molar-refractivity contribution in [3.05, 3.63) is 35.7 Å². The van der Waals surface area contributed by atoms with Crippen LogP contribution in [0.1, 0.15) is 24.6 Å². The maximum absolute atomic E-state index is 12.4. The summed E-state index contributed by atoms with van der Waals surface area (Å²) in [6, 6.07) is 6.19. The van der Waals surface area contributed by atoms with Crippen molar-refractivity contribution < 1.29 is 27.2 Å². The molecule has 1 heterocycles. The average molecular weight is 315 g/mol. The van der Waals surface area contributed by atoms with Crippen LogP contribution in [0.25, 0.3) is 11.4 Å². The molecule has 22 heavy (non-hydrogen) atoms. The van der Waals surface area contributed by atoms with Gasteiger partial charge < -0.3 is 14.6 Å². The van der Waals surface area contributed by atoms with E-state index in [1.54, 1.807) is 12.1 Å². The van der Waals surface area contributed by atoms with Crippen molar-refractivity contribution in [2.75, 3.05) is 7.11 Å². The van der Waals surface area contributed by atoms with E-state index < -0.39 is 18.3 Å². The van der Waals surface area contributed by atoms with E-state index in [0.717, 1.165) is 0 Å². The number of benzene rings is 1. The quantitative estimate of drug-likeness (QED) is 0.877. The van der Waals surface area contributed by atoms with Crippen LogP contribution in [-0.4, -0.2) is 23.2 Å². The molecule has 118 valence electrons. The van der Waals surface area contributed by atoms with Crippen LogP contribution in [0.4, 0.5) is 13.2 Å². The number of hydrogen-bond acceptors (Lipinski definition) is 5. The van der Waals surface area contributed by atoms with Crippen LogP contribution < -0.4 is 5.32 Å². The third kappa shape index (κ3) is 3.61. The molecule has 0 aliphatic carbocycles. The van der Waals surface area contributed by atoms with Crippen molar-refractivity contribution in [2.24, 2.45) is 0 Å². The van der Waals surface area contributed by atoms with Crippen LogP contribution >= 0.6 is 0 Å². The summed E-state index contributed by atoms with van der Waals surface area (Å²) >= 11 is 0. The standard InChI is InChI=1S/C13H12F3N3O3/c1-7(20)17-11(21-2)9-5-3-8(4-6-9)10-18-12(22-19-10)13(14,15)16/h3-6,11H,1-2H3,(H,17,20). The van der Waals surface area contributed by atoms with Gasteiger partial charge in [0.1, 0.15) is 0 Å². The normalized spacial score (nSPS) is 13.0. The molecule has 0 aliphatic heterocycles. The summed E-state index contributed by atoms with van der Waals surface area (Å²) in [6.45, 7) is 1.35. The molecule has 0 bridgehead atoms. The zero-order valence-electron chi connectivity index (χ0n) is 11.6. The van der Waals surface area contributed by atoms with E-state index in [1.165, 1.54) is 26.2 Å². The largest absolute Gasteiger partial charge is 0.471 e. The van der Waals surface area contributed by atoms with Crippen molar-refractivity contribution in [3.63, 3.8) is 0 Å². The Hall–Kier alpha value is -2.42. The smallest absolute Gasteiger partial charge is 0.357 e. The zero-order valence-corrected chi connectivity index (χ0v) is 11.6. The van der Waals surface area contributed by atoms with E-state index in [2.05, 4.69) is 20.0 Å². The Morgan fingerprint density at radius 1 is 1.32 bits per heavy atom. The van der Waals surface area contributed by atoms with Crippen molar-refractivity contribution >= 4 is 5.91 Å². The molecule has 9 heteroatoms. The number of nitrogens with one attached hydrogen (secondary N) is 1. The molecule has 0 saturated carbocycles. The summed E-state index contributed by atoms with van der Waals surface area (Å²) in [4.78, 5) is 14.3. The SMILES string of the molecule is COC(NC(C)=O)c1ccc(-c2noc(C(F)(F)F)n2)cc1. The van der Waals surface area contributed by atoms with Crippen LogP contribution in [-0.2, 0) is 15.7 Å². The van der Waals surface area contributed by atoms with E-state index in [1.807, 2.05) is 0 Å². The lowest BCUT2D eigenvalue weighted by Crippen LogP contribution is -2.27. The van der Waals surface area contributed by atoms with Crippen molar-refractivity contribution in [2.45, 2.75) is 19.3 Å². The fourth-order valence-electron chi connectivity index (χ4n) is 1.73. The summed E-state index contributed by atoms with van der Waals surface area (Å²) < 4.78 is 46.5. The minimum absolute atomic E-state index is 0.174. The molecular weight excluding hydrogens is 303 g/mol. The van der Waals surface area contributed by atoms with E-state index in [0.29, 0.717) is 11.1 Å². The highest BCUT2D eigenvalue weighted by atomic mass is 19.4. The first-order chi connectivity index (χ1) is 10.3.